The van der Waals surface area contributed by atoms with Gasteiger partial charge in [0.2, 0.25) is 0 Å². The normalized spacial score (nSPS) is 10.7. The van der Waals surface area contributed by atoms with Crippen molar-refractivity contribution in [1.29, 1.82) is 0 Å². The standard InChI is InChI=1S/C14H15ClN2S/c1-4-13-16-12(15)8-14(17-13)18-11-6-5-9(2)10(3)7-11/h5-8H,4H2,1-3H3. The molecule has 1 heterocycles. The molecule has 0 spiro atoms. The van der Waals surface area contributed by atoms with Crippen LogP contribution in [0.25, 0.3) is 0 Å². The van der Waals surface area contributed by atoms with Crippen molar-refractivity contribution in [2.24, 2.45) is 0 Å². The Balaban J connectivity index is 2.27. The van der Waals surface area contributed by atoms with E-state index in [1.807, 2.05) is 6.92 Å². The summed E-state index contributed by atoms with van der Waals surface area (Å²) in [5, 5.41) is 1.41. The third-order valence-electron chi connectivity index (χ3n) is 2.73. The van der Waals surface area contributed by atoms with Crippen molar-refractivity contribution >= 4 is 23.4 Å². The zero-order chi connectivity index (χ0) is 13.1. The van der Waals surface area contributed by atoms with Crippen molar-refractivity contribution < 1.29 is 0 Å². The highest BCUT2D eigenvalue weighted by Gasteiger charge is 2.05. The number of halogens is 1. The molecule has 0 aliphatic rings. The van der Waals surface area contributed by atoms with Crippen LogP contribution in [0.3, 0.4) is 0 Å². The lowest BCUT2D eigenvalue weighted by molar-refractivity contribution is 0.889. The SMILES string of the molecule is CCc1nc(Cl)cc(Sc2ccc(C)c(C)c2)n1. The van der Waals surface area contributed by atoms with E-state index in [4.69, 9.17) is 11.6 Å². The fourth-order valence-electron chi connectivity index (χ4n) is 1.55. The van der Waals surface area contributed by atoms with Gasteiger partial charge in [0.1, 0.15) is 16.0 Å². The van der Waals surface area contributed by atoms with Crippen LogP contribution < -0.4 is 0 Å². The molecule has 0 N–H and O–H groups in total. The zero-order valence-electron chi connectivity index (χ0n) is 10.7. The Morgan fingerprint density at radius 3 is 2.56 bits per heavy atom. The summed E-state index contributed by atoms with van der Waals surface area (Å²) in [4.78, 5) is 9.81. The molecule has 94 valence electrons. The molecule has 2 rings (SSSR count). The first-order valence-electron chi connectivity index (χ1n) is 5.87. The summed E-state index contributed by atoms with van der Waals surface area (Å²) >= 11 is 7.61. The molecule has 0 saturated heterocycles. The quantitative estimate of drug-likeness (QED) is 0.775. The highest BCUT2D eigenvalue weighted by molar-refractivity contribution is 7.99. The zero-order valence-corrected chi connectivity index (χ0v) is 12.3. The number of hydrogen-bond donors (Lipinski definition) is 0. The van der Waals surface area contributed by atoms with E-state index in [9.17, 15) is 0 Å². The van der Waals surface area contributed by atoms with Gasteiger partial charge in [0.05, 0.1) is 0 Å². The molecule has 0 bridgehead atoms. The van der Waals surface area contributed by atoms with Crippen LogP contribution in [0.15, 0.2) is 34.2 Å². The molecule has 0 amide bonds. The highest BCUT2D eigenvalue weighted by atomic mass is 35.5. The lowest BCUT2D eigenvalue weighted by Crippen LogP contribution is -1.94. The second kappa shape index (κ2) is 5.72. The van der Waals surface area contributed by atoms with Crippen molar-refractivity contribution in [2.75, 3.05) is 0 Å². The third kappa shape index (κ3) is 3.24. The van der Waals surface area contributed by atoms with E-state index in [0.29, 0.717) is 5.15 Å². The van der Waals surface area contributed by atoms with Crippen LogP contribution >= 0.6 is 23.4 Å². The van der Waals surface area contributed by atoms with Crippen molar-refractivity contribution in [3.05, 3.63) is 46.4 Å². The average molecular weight is 279 g/mol. The minimum Gasteiger partial charge on any atom is -0.226 e. The Morgan fingerprint density at radius 2 is 1.89 bits per heavy atom. The minimum atomic E-state index is 0.508. The molecule has 1 aromatic heterocycles. The summed E-state index contributed by atoms with van der Waals surface area (Å²) in [5.74, 6) is 0.786. The number of rotatable bonds is 3. The van der Waals surface area contributed by atoms with Crippen LogP contribution in [0.4, 0.5) is 0 Å². The van der Waals surface area contributed by atoms with Gasteiger partial charge in [0.25, 0.3) is 0 Å². The average Bonchev–Trinajstić information content (AvgIpc) is 2.33. The predicted molar refractivity (Wildman–Crippen MR) is 76.5 cm³/mol. The summed E-state index contributed by atoms with van der Waals surface area (Å²) < 4.78 is 0. The fraction of sp³-hybridized carbons (Fsp3) is 0.286. The third-order valence-corrected chi connectivity index (χ3v) is 3.84. The molecular weight excluding hydrogens is 264 g/mol. The lowest BCUT2D eigenvalue weighted by atomic mass is 10.1. The largest absolute Gasteiger partial charge is 0.226 e. The summed E-state index contributed by atoms with van der Waals surface area (Å²) in [6, 6.07) is 8.21. The van der Waals surface area contributed by atoms with Crippen LogP contribution in [-0.2, 0) is 6.42 Å². The van der Waals surface area contributed by atoms with Gasteiger partial charge in [0.15, 0.2) is 0 Å². The van der Waals surface area contributed by atoms with E-state index in [0.717, 1.165) is 17.3 Å². The topological polar surface area (TPSA) is 25.8 Å². The van der Waals surface area contributed by atoms with E-state index in [1.54, 1.807) is 17.8 Å². The molecule has 2 aromatic rings. The predicted octanol–water partition coefficient (Wildman–Crippen LogP) is 4.46. The van der Waals surface area contributed by atoms with Gasteiger partial charge in [-0.2, -0.15) is 0 Å². The molecule has 0 aliphatic carbocycles. The van der Waals surface area contributed by atoms with E-state index >= 15 is 0 Å². The Bertz CT molecular complexity index is 570. The van der Waals surface area contributed by atoms with Gasteiger partial charge >= 0.3 is 0 Å². The van der Waals surface area contributed by atoms with Gasteiger partial charge in [-0.15, -0.1) is 0 Å². The highest BCUT2D eigenvalue weighted by Crippen LogP contribution is 2.28. The van der Waals surface area contributed by atoms with Gasteiger partial charge in [-0.25, -0.2) is 9.97 Å². The summed E-state index contributed by atoms with van der Waals surface area (Å²) in [6.07, 6.45) is 0.793. The molecule has 0 saturated carbocycles. The van der Waals surface area contributed by atoms with Gasteiger partial charge in [-0.1, -0.05) is 36.4 Å². The Kier molecular flexibility index (Phi) is 4.25. The van der Waals surface area contributed by atoms with Crippen molar-refractivity contribution in [1.82, 2.24) is 9.97 Å². The van der Waals surface area contributed by atoms with Gasteiger partial charge in [-0.05, 0) is 37.1 Å². The van der Waals surface area contributed by atoms with Crippen LogP contribution in [-0.4, -0.2) is 9.97 Å². The second-order valence-electron chi connectivity index (χ2n) is 4.15. The maximum atomic E-state index is 5.99. The maximum Gasteiger partial charge on any atom is 0.133 e. The Hall–Kier alpha value is -1.06. The number of hydrogen-bond acceptors (Lipinski definition) is 3. The number of nitrogens with zero attached hydrogens (tertiary/aromatic N) is 2. The molecule has 0 atom stereocenters. The number of benzene rings is 1. The molecular formula is C14H15ClN2S. The smallest absolute Gasteiger partial charge is 0.133 e. The van der Waals surface area contributed by atoms with Crippen LogP contribution in [0.5, 0.6) is 0 Å². The van der Waals surface area contributed by atoms with E-state index in [2.05, 4.69) is 42.0 Å². The maximum absolute atomic E-state index is 5.99. The molecule has 2 nitrogen and oxygen atoms in total. The first kappa shape index (κ1) is 13.4. The summed E-state index contributed by atoms with van der Waals surface area (Å²) in [6.45, 7) is 6.25. The van der Waals surface area contributed by atoms with Crippen LogP contribution in [0, 0.1) is 13.8 Å². The Morgan fingerprint density at radius 1 is 1.11 bits per heavy atom. The minimum absolute atomic E-state index is 0.508. The fourth-order valence-corrected chi connectivity index (χ4v) is 2.75. The van der Waals surface area contributed by atoms with Crippen molar-refractivity contribution in [3.63, 3.8) is 0 Å². The van der Waals surface area contributed by atoms with E-state index in [1.165, 1.54) is 16.0 Å². The van der Waals surface area contributed by atoms with Crippen molar-refractivity contribution in [2.45, 2.75) is 37.1 Å². The Labute approximate surface area is 117 Å². The molecule has 1 aromatic carbocycles. The second-order valence-corrected chi connectivity index (χ2v) is 5.63. The first-order chi connectivity index (χ1) is 8.58. The molecule has 0 aliphatic heterocycles. The monoisotopic (exact) mass is 278 g/mol. The molecule has 4 heteroatoms. The van der Waals surface area contributed by atoms with E-state index in [-0.39, 0.29) is 0 Å². The molecule has 18 heavy (non-hydrogen) atoms. The van der Waals surface area contributed by atoms with Crippen LogP contribution in [0.2, 0.25) is 5.15 Å². The lowest BCUT2D eigenvalue weighted by Gasteiger charge is -2.06. The van der Waals surface area contributed by atoms with Crippen molar-refractivity contribution in [3.8, 4) is 0 Å². The molecule has 0 fully saturated rings. The van der Waals surface area contributed by atoms with Gasteiger partial charge in [-0.3, -0.25) is 0 Å². The van der Waals surface area contributed by atoms with E-state index < -0.39 is 0 Å². The summed E-state index contributed by atoms with van der Waals surface area (Å²) in [5.41, 5.74) is 2.59. The molecule has 0 unspecified atom stereocenters. The van der Waals surface area contributed by atoms with Crippen LogP contribution in [0.1, 0.15) is 23.9 Å². The number of aryl methyl sites for hydroxylation is 3. The first-order valence-corrected chi connectivity index (χ1v) is 7.06. The summed E-state index contributed by atoms with van der Waals surface area (Å²) in [7, 11) is 0. The van der Waals surface area contributed by atoms with Gasteiger partial charge < -0.3 is 0 Å². The molecule has 0 radical (unpaired) electrons. The number of aromatic nitrogens is 2. The van der Waals surface area contributed by atoms with Gasteiger partial charge in [0, 0.05) is 17.4 Å².